The zero-order valence-electron chi connectivity index (χ0n) is 16.5. The fourth-order valence-electron chi connectivity index (χ4n) is 1.53. The van der Waals surface area contributed by atoms with Gasteiger partial charge in [-0.05, 0) is 67.2 Å². The number of unbranched alkanes of at least 4 members (excludes halogenated alkanes) is 2. The van der Waals surface area contributed by atoms with Crippen LogP contribution in [0.3, 0.4) is 0 Å². The van der Waals surface area contributed by atoms with Gasteiger partial charge in [-0.2, -0.15) is 0 Å². The first-order valence-electron chi connectivity index (χ1n) is 8.84. The lowest BCUT2D eigenvalue weighted by Gasteiger charge is -2.17. The maximum absolute atomic E-state index is 11.5. The Kier molecular flexibility index (Phi) is 11.8. The predicted octanol–water partition coefficient (Wildman–Crippen LogP) is 3.89. The average Bonchev–Trinajstić information content (AvgIpc) is 2.44. The molecule has 0 aromatic carbocycles. The fraction of sp³-hybridized carbons (Fsp3) is 0.889. The third-order valence-electron chi connectivity index (χ3n) is 2.56. The highest BCUT2D eigenvalue weighted by Gasteiger charge is 2.13. The third-order valence-corrected chi connectivity index (χ3v) is 2.56. The zero-order valence-corrected chi connectivity index (χ0v) is 16.5. The monoisotopic (exact) mass is 362 g/mol. The average molecular weight is 362 g/mol. The number of hydrogen-bond donors (Lipinski definition) is 0. The van der Waals surface area contributed by atoms with Crippen LogP contribution < -0.4 is 0 Å². The van der Waals surface area contributed by atoms with E-state index in [1.165, 1.54) is 0 Å². The van der Waals surface area contributed by atoms with Crippen LogP contribution in [0.25, 0.3) is 0 Å². The molecule has 0 spiro atoms. The number of esters is 2. The van der Waals surface area contributed by atoms with Gasteiger partial charge in [0.25, 0.3) is 0 Å². The molecule has 0 atom stereocenters. The molecule has 0 aliphatic heterocycles. The van der Waals surface area contributed by atoms with Crippen molar-refractivity contribution in [2.75, 3.05) is 13.2 Å². The van der Waals surface area contributed by atoms with E-state index < -0.39 is 11.9 Å². The molecule has 148 valence electrons. The Morgan fingerprint density at radius 2 is 1.00 bits per heavy atom. The number of carbonyl (C=O) groups excluding carboxylic acids is 2. The molecular weight excluding hydrogens is 328 g/mol. The molecule has 0 aromatic rings. The summed E-state index contributed by atoms with van der Waals surface area (Å²) in [7, 11) is 0. The van der Waals surface area contributed by atoms with E-state index >= 15 is 0 Å². The number of ether oxygens (including phenoxy) is 1. The van der Waals surface area contributed by atoms with Crippen molar-refractivity contribution in [1.29, 1.82) is 0 Å². The van der Waals surface area contributed by atoms with Crippen LogP contribution in [-0.4, -0.2) is 36.4 Å². The predicted molar refractivity (Wildman–Crippen MR) is 92.4 cm³/mol. The van der Waals surface area contributed by atoms with Crippen molar-refractivity contribution in [1.82, 2.24) is 0 Å². The summed E-state index contributed by atoms with van der Waals surface area (Å²) in [5.74, 6) is -1.01. The molecule has 0 aromatic heterocycles. The van der Waals surface area contributed by atoms with E-state index in [1.807, 2.05) is 41.5 Å². The smallest absolute Gasteiger partial charge is 0.313 e. The van der Waals surface area contributed by atoms with Crippen LogP contribution in [-0.2, 0) is 33.9 Å². The van der Waals surface area contributed by atoms with Crippen molar-refractivity contribution >= 4 is 11.9 Å². The lowest BCUT2D eigenvalue weighted by atomic mass is 10.2. The Morgan fingerprint density at radius 1 is 0.640 bits per heavy atom. The summed E-state index contributed by atoms with van der Waals surface area (Å²) < 4.78 is 4.75. The van der Waals surface area contributed by atoms with E-state index in [0.717, 1.165) is 0 Å². The maximum Gasteiger partial charge on any atom is 0.313 e. The topological polar surface area (TPSA) is 80.3 Å². The lowest BCUT2D eigenvalue weighted by molar-refractivity contribution is -0.348. The summed E-state index contributed by atoms with van der Waals surface area (Å²) in [5, 5.41) is 0. The third kappa shape index (κ3) is 19.2. The van der Waals surface area contributed by atoms with E-state index in [2.05, 4.69) is 0 Å². The van der Waals surface area contributed by atoms with Gasteiger partial charge >= 0.3 is 11.9 Å². The zero-order chi connectivity index (χ0) is 19.3. The molecule has 7 heteroatoms. The molecule has 0 amide bonds. The quantitative estimate of drug-likeness (QED) is 0.171. The molecule has 0 saturated carbocycles. The minimum absolute atomic E-state index is 0.188. The SMILES string of the molecule is CC(C)(C)OOCCCCC(=O)OC(=O)CCCCOOC(C)(C)C. The van der Waals surface area contributed by atoms with Crippen LogP contribution in [0.5, 0.6) is 0 Å². The molecule has 0 rings (SSSR count). The van der Waals surface area contributed by atoms with E-state index in [1.54, 1.807) is 0 Å². The molecule has 0 saturated heterocycles. The minimum Gasteiger partial charge on any atom is -0.393 e. The van der Waals surface area contributed by atoms with Crippen molar-refractivity contribution in [3.63, 3.8) is 0 Å². The largest absolute Gasteiger partial charge is 0.393 e. The van der Waals surface area contributed by atoms with Gasteiger partial charge in [-0.1, -0.05) is 0 Å². The number of carbonyl (C=O) groups is 2. The Bertz CT molecular complexity index is 344. The van der Waals surface area contributed by atoms with Crippen molar-refractivity contribution in [3.05, 3.63) is 0 Å². The lowest BCUT2D eigenvalue weighted by Crippen LogP contribution is -2.19. The van der Waals surface area contributed by atoms with Crippen molar-refractivity contribution < 1.29 is 33.9 Å². The van der Waals surface area contributed by atoms with Crippen molar-refractivity contribution in [2.24, 2.45) is 0 Å². The molecule has 0 N–H and O–H groups in total. The maximum atomic E-state index is 11.5. The van der Waals surface area contributed by atoms with Gasteiger partial charge in [0.1, 0.15) is 0 Å². The molecule has 7 nitrogen and oxygen atoms in total. The first-order valence-corrected chi connectivity index (χ1v) is 8.84. The van der Waals surface area contributed by atoms with Crippen LogP contribution in [0.2, 0.25) is 0 Å². The summed E-state index contributed by atoms with van der Waals surface area (Å²) in [5.41, 5.74) is -0.704. The van der Waals surface area contributed by atoms with Crippen LogP contribution in [0.4, 0.5) is 0 Å². The Balaban J connectivity index is 3.52. The molecule has 0 aliphatic carbocycles. The second-order valence-corrected chi connectivity index (χ2v) is 7.80. The van der Waals surface area contributed by atoms with Crippen molar-refractivity contribution in [3.8, 4) is 0 Å². The summed E-state index contributed by atoms with van der Waals surface area (Å²) in [6.45, 7) is 12.1. The van der Waals surface area contributed by atoms with E-state index in [0.29, 0.717) is 38.9 Å². The molecule has 0 heterocycles. The van der Waals surface area contributed by atoms with E-state index in [-0.39, 0.29) is 24.0 Å². The van der Waals surface area contributed by atoms with Gasteiger partial charge in [-0.3, -0.25) is 9.59 Å². The first-order chi connectivity index (χ1) is 11.5. The molecule has 0 unspecified atom stereocenters. The van der Waals surface area contributed by atoms with Gasteiger partial charge in [0.15, 0.2) is 0 Å². The Hall–Kier alpha value is -1.02. The summed E-state index contributed by atoms with van der Waals surface area (Å²) in [4.78, 5) is 43.3. The minimum atomic E-state index is -0.506. The van der Waals surface area contributed by atoms with Crippen LogP contribution >= 0.6 is 0 Å². The van der Waals surface area contributed by atoms with Gasteiger partial charge in [0.2, 0.25) is 0 Å². The second kappa shape index (κ2) is 12.4. The van der Waals surface area contributed by atoms with Gasteiger partial charge in [-0.15, -0.1) is 0 Å². The van der Waals surface area contributed by atoms with E-state index in [4.69, 9.17) is 24.3 Å². The summed E-state index contributed by atoms with van der Waals surface area (Å²) in [6.07, 6.45) is 2.85. The molecule has 25 heavy (non-hydrogen) atoms. The van der Waals surface area contributed by atoms with Gasteiger partial charge in [0.05, 0.1) is 24.4 Å². The van der Waals surface area contributed by atoms with Gasteiger partial charge in [0, 0.05) is 12.8 Å². The molecule has 0 bridgehead atoms. The van der Waals surface area contributed by atoms with Crippen LogP contribution in [0, 0.1) is 0 Å². The molecule has 0 radical (unpaired) electrons. The highest BCUT2D eigenvalue weighted by atomic mass is 17.2. The highest BCUT2D eigenvalue weighted by molar-refractivity contribution is 5.85. The van der Waals surface area contributed by atoms with Crippen molar-refractivity contribution in [2.45, 2.75) is 91.3 Å². The molecule has 0 fully saturated rings. The van der Waals surface area contributed by atoms with Crippen LogP contribution in [0.1, 0.15) is 80.1 Å². The van der Waals surface area contributed by atoms with E-state index in [9.17, 15) is 9.59 Å². The van der Waals surface area contributed by atoms with Gasteiger partial charge in [-0.25, -0.2) is 19.6 Å². The highest BCUT2D eigenvalue weighted by Crippen LogP contribution is 2.09. The normalized spacial score (nSPS) is 12.2. The van der Waals surface area contributed by atoms with Gasteiger partial charge < -0.3 is 4.74 Å². The molecule has 0 aliphatic rings. The Labute approximate surface area is 151 Å². The standard InChI is InChI=1S/C18H34O7/c1-17(2,3)24-21-13-9-7-11-15(19)23-16(20)12-8-10-14-22-25-18(4,5)6/h7-14H2,1-6H3. The fourth-order valence-corrected chi connectivity index (χ4v) is 1.53. The summed E-state index contributed by atoms with van der Waals surface area (Å²) in [6, 6.07) is 0. The first kappa shape index (κ1) is 24.0. The summed E-state index contributed by atoms with van der Waals surface area (Å²) >= 11 is 0. The van der Waals surface area contributed by atoms with Crippen LogP contribution in [0.15, 0.2) is 0 Å². The number of hydrogen-bond acceptors (Lipinski definition) is 7. The molecular formula is C18H34O7. The number of rotatable bonds is 12. The Morgan fingerprint density at radius 3 is 1.32 bits per heavy atom. The second-order valence-electron chi connectivity index (χ2n) is 7.80.